The zero-order valence-electron chi connectivity index (χ0n) is 12.2. The van der Waals surface area contributed by atoms with Gasteiger partial charge in [0, 0.05) is 31.2 Å². The van der Waals surface area contributed by atoms with Crippen molar-refractivity contribution < 1.29 is 9.32 Å². The van der Waals surface area contributed by atoms with Gasteiger partial charge >= 0.3 is 0 Å². The second-order valence-electron chi connectivity index (χ2n) is 5.98. The van der Waals surface area contributed by atoms with Crippen LogP contribution in [0.1, 0.15) is 63.1 Å². The van der Waals surface area contributed by atoms with Crippen molar-refractivity contribution in [3.05, 3.63) is 11.7 Å². The van der Waals surface area contributed by atoms with Crippen molar-refractivity contribution in [2.24, 2.45) is 0 Å². The predicted octanol–water partition coefficient (Wildman–Crippen LogP) is 2.32. The molecule has 0 radical (unpaired) electrons. The van der Waals surface area contributed by atoms with Crippen LogP contribution < -0.4 is 0 Å². The predicted molar refractivity (Wildman–Crippen MR) is 74.5 cm³/mol. The fraction of sp³-hybridized carbons (Fsp3) is 0.800. The van der Waals surface area contributed by atoms with Crippen LogP contribution in [0.3, 0.4) is 0 Å². The van der Waals surface area contributed by atoms with Gasteiger partial charge in [0.25, 0.3) is 0 Å². The summed E-state index contributed by atoms with van der Waals surface area (Å²) in [5, 5.41) is 3.99. The van der Waals surface area contributed by atoms with Crippen molar-refractivity contribution in [1.29, 1.82) is 0 Å². The van der Waals surface area contributed by atoms with Crippen molar-refractivity contribution in [2.75, 3.05) is 13.1 Å². The van der Waals surface area contributed by atoms with Crippen LogP contribution in [0.4, 0.5) is 0 Å². The number of likely N-dealkylation sites (tertiary alicyclic amines) is 1. The number of aromatic nitrogens is 2. The van der Waals surface area contributed by atoms with E-state index in [9.17, 15) is 4.79 Å². The van der Waals surface area contributed by atoms with Crippen LogP contribution in [0.15, 0.2) is 4.52 Å². The van der Waals surface area contributed by atoms with Crippen molar-refractivity contribution in [2.45, 2.75) is 63.8 Å². The minimum absolute atomic E-state index is 0.421. The Hall–Kier alpha value is -1.23. The molecule has 1 saturated carbocycles. The molecular weight excluding hydrogens is 254 g/mol. The molecule has 20 heavy (non-hydrogen) atoms. The summed E-state index contributed by atoms with van der Waals surface area (Å²) < 4.78 is 5.37. The van der Waals surface area contributed by atoms with E-state index in [2.05, 4.69) is 15.0 Å². The van der Waals surface area contributed by atoms with E-state index in [1.54, 1.807) is 0 Å². The molecule has 0 spiro atoms. The smallest absolute Gasteiger partial charge is 0.229 e. The second-order valence-corrected chi connectivity index (χ2v) is 5.98. The summed E-state index contributed by atoms with van der Waals surface area (Å²) >= 11 is 0. The molecule has 2 fully saturated rings. The summed E-state index contributed by atoms with van der Waals surface area (Å²) in [6.07, 6.45) is 6.65. The minimum Gasteiger partial charge on any atom is -0.339 e. The Morgan fingerprint density at radius 2 is 1.90 bits per heavy atom. The van der Waals surface area contributed by atoms with Crippen molar-refractivity contribution >= 4 is 5.78 Å². The van der Waals surface area contributed by atoms with Gasteiger partial charge in [0.2, 0.25) is 5.89 Å². The third kappa shape index (κ3) is 2.92. The Kier molecular flexibility index (Phi) is 4.15. The molecular formula is C15H23N3O2. The van der Waals surface area contributed by atoms with Gasteiger partial charge in [-0.15, -0.1) is 0 Å². The lowest BCUT2D eigenvalue weighted by molar-refractivity contribution is -0.121. The van der Waals surface area contributed by atoms with Crippen LogP contribution in [0, 0.1) is 0 Å². The highest BCUT2D eigenvalue weighted by Gasteiger charge is 2.30. The van der Waals surface area contributed by atoms with Crippen LogP contribution in [0.5, 0.6) is 0 Å². The molecule has 0 N–H and O–H groups in total. The molecule has 1 aliphatic heterocycles. The number of aryl methyl sites for hydroxylation is 1. The van der Waals surface area contributed by atoms with Gasteiger partial charge in [0.05, 0.1) is 0 Å². The van der Waals surface area contributed by atoms with Crippen molar-refractivity contribution in [3.63, 3.8) is 0 Å². The highest BCUT2D eigenvalue weighted by Crippen LogP contribution is 2.30. The largest absolute Gasteiger partial charge is 0.339 e. The van der Waals surface area contributed by atoms with Gasteiger partial charge < -0.3 is 9.42 Å². The molecule has 2 heterocycles. The topological polar surface area (TPSA) is 59.2 Å². The average molecular weight is 277 g/mol. The van der Waals surface area contributed by atoms with E-state index in [1.165, 1.54) is 0 Å². The van der Waals surface area contributed by atoms with Gasteiger partial charge in [-0.3, -0.25) is 4.79 Å². The highest BCUT2D eigenvalue weighted by molar-refractivity contribution is 5.79. The first-order valence-corrected chi connectivity index (χ1v) is 7.84. The zero-order chi connectivity index (χ0) is 13.9. The molecule has 5 heteroatoms. The molecule has 110 valence electrons. The zero-order valence-corrected chi connectivity index (χ0v) is 12.2. The number of carbonyl (C=O) groups excluding carboxylic acids is 1. The summed E-state index contributed by atoms with van der Waals surface area (Å²) in [6, 6.07) is 0.613. The van der Waals surface area contributed by atoms with Gasteiger partial charge in [-0.05, 0) is 38.8 Å². The molecule has 0 unspecified atom stereocenters. The van der Waals surface area contributed by atoms with Gasteiger partial charge in [-0.25, -0.2) is 0 Å². The fourth-order valence-electron chi connectivity index (χ4n) is 3.38. The molecule has 0 bridgehead atoms. The number of rotatable bonds is 3. The molecule has 1 saturated heterocycles. The number of carbonyl (C=O) groups is 1. The summed E-state index contributed by atoms with van der Waals surface area (Å²) in [4.78, 5) is 18.3. The Morgan fingerprint density at radius 3 is 2.50 bits per heavy atom. The third-order valence-electron chi connectivity index (χ3n) is 4.71. The molecule has 3 rings (SSSR count). The van der Waals surface area contributed by atoms with Crippen molar-refractivity contribution in [1.82, 2.24) is 15.0 Å². The Labute approximate surface area is 119 Å². The number of hydrogen-bond acceptors (Lipinski definition) is 5. The molecule has 1 aromatic heterocycles. The van der Waals surface area contributed by atoms with Crippen LogP contribution in [0.25, 0.3) is 0 Å². The molecule has 0 atom stereocenters. The summed E-state index contributed by atoms with van der Waals surface area (Å²) in [5.41, 5.74) is 0. The molecule has 0 aromatic carbocycles. The average Bonchev–Trinajstić information content (AvgIpc) is 2.97. The Morgan fingerprint density at radius 1 is 1.20 bits per heavy atom. The SMILES string of the molecule is CCc1noc(C2CCN(C3CCC(=O)CC3)CC2)n1. The molecule has 0 amide bonds. The first-order valence-electron chi connectivity index (χ1n) is 7.84. The van der Waals surface area contributed by atoms with E-state index in [1.807, 2.05) is 6.92 Å². The van der Waals surface area contributed by atoms with Crippen LogP contribution in [-0.4, -0.2) is 40.0 Å². The Balaban J connectivity index is 1.52. The lowest BCUT2D eigenvalue weighted by Crippen LogP contribution is -2.42. The molecule has 1 aromatic rings. The van der Waals surface area contributed by atoms with Gasteiger partial charge in [0.1, 0.15) is 5.78 Å². The lowest BCUT2D eigenvalue weighted by Gasteiger charge is -2.38. The molecule has 1 aliphatic carbocycles. The van der Waals surface area contributed by atoms with E-state index in [0.29, 0.717) is 17.7 Å². The number of nitrogens with zero attached hydrogens (tertiary/aromatic N) is 3. The van der Waals surface area contributed by atoms with Gasteiger partial charge in [0.15, 0.2) is 5.82 Å². The summed E-state index contributed by atoms with van der Waals surface area (Å²) in [5.74, 6) is 2.49. The van der Waals surface area contributed by atoms with E-state index < -0.39 is 0 Å². The number of Topliss-reactive ketones (excluding diaryl/α,β-unsaturated/α-hetero) is 1. The standard InChI is InChI=1S/C15H23N3O2/c1-2-14-16-15(20-17-14)11-7-9-18(10-8-11)12-3-5-13(19)6-4-12/h11-12H,2-10H2,1H3. The van der Waals surface area contributed by atoms with Crippen molar-refractivity contribution in [3.8, 4) is 0 Å². The van der Waals surface area contributed by atoms with E-state index >= 15 is 0 Å². The van der Waals surface area contributed by atoms with Crippen LogP contribution in [-0.2, 0) is 11.2 Å². The number of piperidine rings is 1. The number of ketones is 1. The fourth-order valence-corrected chi connectivity index (χ4v) is 3.38. The first kappa shape index (κ1) is 13.7. The monoisotopic (exact) mass is 277 g/mol. The maximum absolute atomic E-state index is 11.3. The summed E-state index contributed by atoms with van der Waals surface area (Å²) in [6.45, 7) is 4.22. The van der Waals surface area contributed by atoms with Crippen LogP contribution in [0.2, 0.25) is 0 Å². The highest BCUT2D eigenvalue weighted by atomic mass is 16.5. The maximum Gasteiger partial charge on any atom is 0.229 e. The first-order chi connectivity index (χ1) is 9.76. The van der Waals surface area contributed by atoms with Gasteiger partial charge in [-0.2, -0.15) is 4.98 Å². The quantitative estimate of drug-likeness (QED) is 0.848. The normalized spacial score (nSPS) is 23.4. The molecule has 2 aliphatic rings. The van der Waals surface area contributed by atoms with Gasteiger partial charge in [-0.1, -0.05) is 12.1 Å². The second kappa shape index (κ2) is 6.04. The van der Waals surface area contributed by atoms with E-state index in [0.717, 1.165) is 69.8 Å². The van der Waals surface area contributed by atoms with Crippen LogP contribution >= 0.6 is 0 Å². The molecule has 5 nitrogen and oxygen atoms in total. The lowest BCUT2D eigenvalue weighted by atomic mass is 9.89. The maximum atomic E-state index is 11.3. The van der Waals surface area contributed by atoms with E-state index in [-0.39, 0.29) is 0 Å². The number of hydrogen-bond donors (Lipinski definition) is 0. The third-order valence-corrected chi connectivity index (χ3v) is 4.71. The Bertz CT molecular complexity index is 453. The van der Waals surface area contributed by atoms with E-state index in [4.69, 9.17) is 4.52 Å². The summed E-state index contributed by atoms with van der Waals surface area (Å²) in [7, 11) is 0. The minimum atomic E-state index is 0.421.